The molecule has 1 unspecified atom stereocenters. The third-order valence-corrected chi connectivity index (χ3v) is 3.29. The van der Waals surface area contributed by atoms with Gasteiger partial charge in [0.25, 0.3) is 0 Å². The summed E-state index contributed by atoms with van der Waals surface area (Å²) in [6.07, 6.45) is 1.03. The third-order valence-electron chi connectivity index (χ3n) is 3.01. The van der Waals surface area contributed by atoms with Crippen LogP contribution < -0.4 is 14.8 Å². The topological polar surface area (TPSA) is 30.5 Å². The van der Waals surface area contributed by atoms with Crippen molar-refractivity contribution in [1.29, 1.82) is 0 Å². The molecule has 4 heteroatoms. The van der Waals surface area contributed by atoms with E-state index < -0.39 is 0 Å². The second-order valence-electron chi connectivity index (χ2n) is 6.05. The average molecular weight is 300 g/mol. The molecular weight excluding hydrogens is 274 g/mol. The second kappa shape index (κ2) is 7.19. The molecule has 1 aromatic carbocycles. The highest BCUT2D eigenvalue weighted by Gasteiger charge is 2.15. The van der Waals surface area contributed by atoms with E-state index in [0.29, 0.717) is 16.5 Å². The van der Waals surface area contributed by atoms with Gasteiger partial charge < -0.3 is 14.8 Å². The lowest BCUT2D eigenvalue weighted by Crippen LogP contribution is -2.35. The van der Waals surface area contributed by atoms with Gasteiger partial charge >= 0.3 is 0 Å². The van der Waals surface area contributed by atoms with Crippen LogP contribution in [0.1, 0.15) is 46.6 Å². The minimum absolute atomic E-state index is 0.0611. The van der Waals surface area contributed by atoms with Crippen molar-refractivity contribution < 1.29 is 9.47 Å². The molecule has 1 rings (SSSR count). The number of rotatable bonds is 6. The fraction of sp³-hybridized carbons (Fsp3) is 0.625. The summed E-state index contributed by atoms with van der Waals surface area (Å²) in [5.41, 5.74) is 1.14. The number of benzene rings is 1. The highest BCUT2D eigenvalue weighted by molar-refractivity contribution is 6.32. The lowest BCUT2D eigenvalue weighted by Gasteiger charge is -2.22. The summed E-state index contributed by atoms with van der Waals surface area (Å²) in [5, 5.41) is 4.03. The molecule has 0 amide bonds. The first kappa shape index (κ1) is 17.1. The third kappa shape index (κ3) is 5.22. The van der Waals surface area contributed by atoms with Crippen molar-refractivity contribution in [1.82, 2.24) is 5.32 Å². The maximum Gasteiger partial charge on any atom is 0.180 e. The minimum atomic E-state index is 0.0611. The number of methoxy groups -OCH3 is 1. The van der Waals surface area contributed by atoms with Crippen molar-refractivity contribution in [2.75, 3.05) is 7.11 Å². The summed E-state index contributed by atoms with van der Waals surface area (Å²) in [6.45, 7) is 11.2. The zero-order chi connectivity index (χ0) is 15.3. The van der Waals surface area contributed by atoms with Gasteiger partial charge in [-0.2, -0.15) is 0 Å². The number of nitrogens with one attached hydrogen (secondary N) is 1. The monoisotopic (exact) mass is 299 g/mol. The summed E-state index contributed by atoms with van der Waals surface area (Å²) < 4.78 is 11.2. The van der Waals surface area contributed by atoms with E-state index in [-0.39, 0.29) is 11.6 Å². The van der Waals surface area contributed by atoms with E-state index in [1.165, 1.54) is 0 Å². The van der Waals surface area contributed by atoms with Crippen LogP contribution in [-0.2, 0) is 6.54 Å². The smallest absolute Gasteiger partial charge is 0.180 e. The van der Waals surface area contributed by atoms with Crippen molar-refractivity contribution >= 4 is 11.6 Å². The van der Waals surface area contributed by atoms with Gasteiger partial charge in [-0.1, -0.05) is 18.5 Å². The van der Waals surface area contributed by atoms with Crippen molar-refractivity contribution in [2.24, 2.45) is 0 Å². The Kier molecular flexibility index (Phi) is 6.15. The van der Waals surface area contributed by atoms with Crippen LogP contribution in [0.4, 0.5) is 0 Å². The largest absolute Gasteiger partial charge is 0.493 e. The van der Waals surface area contributed by atoms with Crippen LogP contribution in [-0.4, -0.2) is 18.8 Å². The van der Waals surface area contributed by atoms with Crippen molar-refractivity contribution in [3.63, 3.8) is 0 Å². The Morgan fingerprint density at radius 3 is 2.45 bits per heavy atom. The van der Waals surface area contributed by atoms with Crippen LogP contribution in [0.2, 0.25) is 5.02 Å². The van der Waals surface area contributed by atoms with Gasteiger partial charge in [-0.05, 0) is 51.8 Å². The number of hydrogen-bond donors (Lipinski definition) is 1. The van der Waals surface area contributed by atoms with Crippen LogP contribution in [0.15, 0.2) is 12.1 Å². The molecule has 0 saturated carbocycles. The van der Waals surface area contributed by atoms with Gasteiger partial charge in [-0.3, -0.25) is 0 Å². The maximum atomic E-state index is 6.33. The summed E-state index contributed by atoms with van der Waals surface area (Å²) in [7, 11) is 1.64. The van der Waals surface area contributed by atoms with Gasteiger partial charge in [-0.15, -0.1) is 0 Å². The first-order valence-electron chi connectivity index (χ1n) is 7.05. The van der Waals surface area contributed by atoms with E-state index in [1.807, 2.05) is 19.1 Å². The molecule has 0 spiro atoms. The SMILES string of the molecule is CCC(C)Oc1c(Cl)cc(CNC(C)(C)C)cc1OC. The molecule has 1 aromatic rings. The van der Waals surface area contributed by atoms with E-state index >= 15 is 0 Å². The zero-order valence-electron chi connectivity index (χ0n) is 13.3. The van der Waals surface area contributed by atoms with E-state index in [9.17, 15) is 0 Å². The van der Waals surface area contributed by atoms with Crippen LogP contribution in [0.3, 0.4) is 0 Å². The Balaban J connectivity index is 2.95. The number of hydrogen-bond acceptors (Lipinski definition) is 3. The standard InChI is InChI=1S/C16H26ClNO2/c1-7-11(2)20-15-13(17)8-12(9-14(15)19-6)10-18-16(3,4)5/h8-9,11,18H,7,10H2,1-6H3. The predicted octanol–water partition coefficient (Wildman–Crippen LogP) is 4.41. The Morgan fingerprint density at radius 2 is 1.95 bits per heavy atom. The fourth-order valence-electron chi connectivity index (χ4n) is 1.64. The first-order chi connectivity index (χ1) is 9.26. The molecule has 0 heterocycles. The van der Waals surface area contributed by atoms with E-state index in [0.717, 1.165) is 18.5 Å². The van der Waals surface area contributed by atoms with Crippen LogP contribution in [0, 0.1) is 0 Å². The van der Waals surface area contributed by atoms with Crippen molar-refractivity contribution in [3.8, 4) is 11.5 Å². The lowest BCUT2D eigenvalue weighted by molar-refractivity contribution is 0.207. The summed E-state index contributed by atoms with van der Waals surface area (Å²) in [6, 6.07) is 3.91. The highest BCUT2D eigenvalue weighted by Crippen LogP contribution is 2.37. The van der Waals surface area contributed by atoms with Gasteiger partial charge in [0, 0.05) is 12.1 Å². The van der Waals surface area contributed by atoms with Crippen LogP contribution >= 0.6 is 11.6 Å². The van der Waals surface area contributed by atoms with Gasteiger partial charge in [0.1, 0.15) is 0 Å². The van der Waals surface area contributed by atoms with Gasteiger partial charge in [0.2, 0.25) is 0 Å². The molecule has 114 valence electrons. The zero-order valence-corrected chi connectivity index (χ0v) is 14.1. The molecule has 0 aromatic heterocycles. The van der Waals surface area contributed by atoms with Gasteiger partial charge in [0.15, 0.2) is 11.5 Å². The molecule has 0 aliphatic heterocycles. The molecule has 0 aliphatic carbocycles. The molecule has 1 atom stereocenters. The molecule has 0 radical (unpaired) electrons. The molecular formula is C16H26ClNO2. The lowest BCUT2D eigenvalue weighted by atomic mass is 10.1. The average Bonchev–Trinajstić information content (AvgIpc) is 2.37. The van der Waals surface area contributed by atoms with Crippen molar-refractivity contribution in [3.05, 3.63) is 22.7 Å². The molecule has 1 N–H and O–H groups in total. The molecule has 20 heavy (non-hydrogen) atoms. The molecule has 0 fully saturated rings. The highest BCUT2D eigenvalue weighted by atomic mass is 35.5. The molecule has 0 aliphatic rings. The molecule has 0 saturated heterocycles. The Bertz CT molecular complexity index is 441. The predicted molar refractivity (Wildman–Crippen MR) is 85.0 cm³/mol. The summed E-state index contributed by atoms with van der Waals surface area (Å²) in [5.74, 6) is 1.31. The summed E-state index contributed by atoms with van der Waals surface area (Å²) in [4.78, 5) is 0. The maximum absolute atomic E-state index is 6.33. The van der Waals surface area contributed by atoms with Gasteiger partial charge in [-0.25, -0.2) is 0 Å². The quantitative estimate of drug-likeness (QED) is 0.844. The Labute approximate surface area is 127 Å². The van der Waals surface area contributed by atoms with Crippen LogP contribution in [0.25, 0.3) is 0 Å². The first-order valence-corrected chi connectivity index (χ1v) is 7.42. The van der Waals surface area contributed by atoms with Crippen molar-refractivity contribution in [2.45, 2.75) is 59.2 Å². The second-order valence-corrected chi connectivity index (χ2v) is 6.46. The Morgan fingerprint density at radius 1 is 1.30 bits per heavy atom. The molecule has 0 bridgehead atoms. The molecule has 3 nitrogen and oxygen atoms in total. The van der Waals surface area contributed by atoms with E-state index in [4.69, 9.17) is 21.1 Å². The number of halogens is 1. The summed E-state index contributed by atoms with van der Waals surface area (Å²) >= 11 is 6.33. The number of ether oxygens (including phenoxy) is 2. The van der Waals surface area contributed by atoms with Gasteiger partial charge in [0.05, 0.1) is 18.2 Å². The normalized spacial score (nSPS) is 13.2. The van der Waals surface area contributed by atoms with E-state index in [1.54, 1.807) is 7.11 Å². The Hall–Kier alpha value is -0.930. The van der Waals surface area contributed by atoms with E-state index in [2.05, 4.69) is 33.0 Å². The fourth-order valence-corrected chi connectivity index (χ4v) is 1.92. The van der Waals surface area contributed by atoms with Crippen LogP contribution in [0.5, 0.6) is 11.5 Å². The minimum Gasteiger partial charge on any atom is -0.493 e.